The third-order valence-corrected chi connectivity index (χ3v) is 5.88. The van der Waals surface area contributed by atoms with Crippen molar-refractivity contribution in [2.45, 2.75) is 50.5 Å². The summed E-state index contributed by atoms with van der Waals surface area (Å²) in [4.78, 5) is 17.7. The summed E-state index contributed by atoms with van der Waals surface area (Å²) in [7, 11) is 0. The molecule has 1 saturated carbocycles. The third-order valence-electron chi connectivity index (χ3n) is 5.88. The molecule has 1 aliphatic heterocycles. The zero-order chi connectivity index (χ0) is 16.6. The first kappa shape index (κ1) is 15.7. The molecule has 2 aromatic rings. The Morgan fingerprint density at radius 3 is 2.75 bits per heavy atom. The highest BCUT2D eigenvalue weighted by Gasteiger charge is 2.48. The topological polar surface area (TPSA) is 56.3 Å². The van der Waals surface area contributed by atoms with E-state index < -0.39 is 0 Å². The largest absolute Gasteiger partial charge is 0.390 e. The van der Waals surface area contributed by atoms with Crippen LogP contribution in [0.1, 0.15) is 44.1 Å². The summed E-state index contributed by atoms with van der Waals surface area (Å²) in [5.41, 5.74) is 2.08. The number of nitrogens with zero attached hydrogens (tertiary/aromatic N) is 1. The van der Waals surface area contributed by atoms with E-state index in [1.165, 1.54) is 16.5 Å². The summed E-state index contributed by atoms with van der Waals surface area (Å²) in [6.07, 6.45) is 8.35. The lowest BCUT2D eigenvalue weighted by Crippen LogP contribution is -2.41. The van der Waals surface area contributed by atoms with E-state index >= 15 is 0 Å². The predicted molar refractivity (Wildman–Crippen MR) is 94.7 cm³/mol. The molecule has 4 rings (SSSR count). The Balaban J connectivity index is 1.25. The number of benzene rings is 1. The van der Waals surface area contributed by atoms with Crippen LogP contribution in [0.2, 0.25) is 0 Å². The van der Waals surface area contributed by atoms with Crippen LogP contribution in [0.4, 0.5) is 0 Å². The van der Waals surface area contributed by atoms with E-state index in [-0.39, 0.29) is 11.5 Å². The fraction of sp³-hybridized carbons (Fsp3) is 0.550. The summed E-state index contributed by atoms with van der Waals surface area (Å²) in [5.74, 6) is 0.684. The van der Waals surface area contributed by atoms with E-state index in [1.807, 2.05) is 11.0 Å². The summed E-state index contributed by atoms with van der Waals surface area (Å²) in [5, 5.41) is 11.5. The molecule has 1 aromatic carbocycles. The molecule has 0 spiro atoms. The highest BCUT2D eigenvalue weighted by molar-refractivity contribution is 5.83. The van der Waals surface area contributed by atoms with Gasteiger partial charge in [-0.3, -0.25) is 4.79 Å². The normalized spacial score (nSPS) is 20.5. The van der Waals surface area contributed by atoms with Gasteiger partial charge in [-0.1, -0.05) is 18.2 Å². The van der Waals surface area contributed by atoms with Crippen molar-refractivity contribution in [2.24, 2.45) is 5.92 Å². The zero-order valence-corrected chi connectivity index (χ0v) is 14.1. The van der Waals surface area contributed by atoms with Crippen LogP contribution in [0.3, 0.4) is 0 Å². The average molecular weight is 326 g/mol. The van der Waals surface area contributed by atoms with Gasteiger partial charge in [0.1, 0.15) is 0 Å². The Bertz CT molecular complexity index is 724. The lowest BCUT2D eigenvalue weighted by Gasteiger charge is -2.34. The van der Waals surface area contributed by atoms with Crippen molar-refractivity contribution in [1.82, 2.24) is 9.88 Å². The van der Waals surface area contributed by atoms with Gasteiger partial charge in [-0.25, -0.2) is 0 Å². The van der Waals surface area contributed by atoms with Gasteiger partial charge in [0.05, 0.1) is 5.60 Å². The van der Waals surface area contributed by atoms with Gasteiger partial charge < -0.3 is 15.0 Å². The van der Waals surface area contributed by atoms with Crippen LogP contribution in [0, 0.1) is 5.92 Å². The number of H-pyrrole nitrogens is 1. The van der Waals surface area contributed by atoms with Gasteiger partial charge in [-0.15, -0.1) is 0 Å². The molecule has 4 nitrogen and oxygen atoms in total. The molecule has 24 heavy (non-hydrogen) atoms. The number of carbonyl (C=O) groups excluding carboxylic acids is 1. The van der Waals surface area contributed by atoms with Crippen LogP contribution in [0.5, 0.6) is 0 Å². The first-order valence-corrected chi connectivity index (χ1v) is 9.21. The maximum Gasteiger partial charge on any atom is 0.222 e. The SMILES string of the molecule is O=C(CCCc1c[nH]c2ccccc12)N1CCC(C2(O)CC2)CC1. The predicted octanol–water partition coefficient (Wildman–Crippen LogP) is 3.25. The van der Waals surface area contributed by atoms with Gasteiger partial charge in [-0.2, -0.15) is 0 Å². The number of aromatic nitrogens is 1. The van der Waals surface area contributed by atoms with Gasteiger partial charge in [0.2, 0.25) is 5.91 Å². The number of amides is 1. The molecule has 2 N–H and O–H groups in total. The van der Waals surface area contributed by atoms with Crippen LogP contribution in [-0.2, 0) is 11.2 Å². The van der Waals surface area contributed by atoms with Gasteiger partial charge in [0.25, 0.3) is 0 Å². The van der Waals surface area contributed by atoms with Crippen LogP contribution >= 0.6 is 0 Å². The number of hydrogen-bond donors (Lipinski definition) is 2. The van der Waals surface area contributed by atoms with Gasteiger partial charge >= 0.3 is 0 Å². The number of aliphatic hydroxyl groups is 1. The number of likely N-dealkylation sites (tertiary alicyclic amines) is 1. The lowest BCUT2D eigenvalue weighted by atomic mass is 9.89. The van der Waals surface area contributed by atoms with Crippen molar-refractivity contribution in [2.75, 3.05) is 13.1 Å². The number of piperidine rings is 1. The Morgan fingerprint density at radius 1 is 1.25 bits per heavy atom. The zero-order valence-electron chi connectivity index (χ0n) is 14.1. The number of para-hydroxylation sites is 1. The van der Waals surface area contributed by atoms with E-state index in [9.17, 15) is 9.90 Å². The van der Waals surface area contributed by atoms with Crippen LogP contribution < -0.4 is 0 Å². The molecular weight excluding hydrogens is 300 g/mol. The van der Waals surface area contributed by atoms with Crippen molar-refractivity contribution < 1.29 is 9.90 Å². The van der Waals surface area contributed by atoms with Crippen molar-refractivity contribution in [3.8, 4) is 0 Å². The third kappa shape index (κ3) is 3.07. The minimum atomic E-state index is -0.384. The van der Waals surface area contributed by atoms with Crippen molar-refractivity contribution in [3.63, 3.8) is 0 Å². The fourth-order valence-electron chi connectivity index (χ4n) is 4.13. The second-order valence-corrected chi connectivity index (χ2v) is 7.47. The monoisotopic (exact) mass is 326 g/mol. The molecule has 0 radical (unpaired) electrons. The molecule has 2 fully saturated rings. The molecule has 0 atom stereocenters. The number of aromatic amines is 1. The molecule has 1 amide bonds. The number of nitrogens with one attached hydrogen (secondary N) is 1. The Morgan fingerprint density at radius 2 is 2.00 bits per heavy atom. The number of rotatable bonds is 5. The highest BCUT2D eigenvalue weighted by Crippen LogP contribution is 2.46. The molecule has 4 heteroatoms. The molecule has 0 unspecified atom stereocenters. The molecular formula is C20H26N2O2. The van der Waals surface area contributed by atoms with Crippen LogP contribution in [-0.4, -0.2) is 39.6 Å². The smallest absolute Gasteiger partial charge is 0.222 e. The summed E-state index contributed by atoms with van der Waals surface area (Å²) < 4.78 is 0. The summed E-state index contributed by atoms with van der Waals surface area (Å²) in [6, 6.07) is 8.31. The lowest BCUT2D eigenvalue weighted by molar-refractivity contribution is -0.133. The van der Waals surface area contributed by atoms with Crippen molar-refractivity contribution in [1.29, 1.82) is 0 Å². The van der Waals surface area contributed by atoms with Gasteiger partial charge in [0, 0.05) is 36.6 Å². The van der Waals surface area contributed by atoms with E-state index in [2.05, 4.69) is 29.4 Å². The van der Waals surface area contributed by atoms with Gasteiger partial charge in [-0.05, 0) is 56.1 Å². The first-order chi connectivity index (χ1) is 11.7. The maximum absolute atomic E-state index is 12.4. The van der Waals surface area contributed by atoms with Crippen LogP contribution in [0.15, 0.2) is 30.5 Å². The van der Waals surface area contributed by atoms with Crippen molar-refractivity contribution >= 4 is 16.8 Å². The average Bonchev–Trinajstić information content (AvgIpc) is 3.24. The molecule has 1 aromatic heterocycles. The molecule has 2 aliphatic rings. The van der Waals surface area contributed by atoms with Gasteiger partial charge in [0.15, 0.2) is 0 Å². The highest BCUT2D eigenvalue weighted by atomic mass is 16.3. The minimum absolute atomic E-state index is 0.274. The summed E-state index contributed by atoms with van der Waals surface area (Å²) >= 11 is 0. The first-order valence-electron chi connectivity index (χ1n) is 9.21. The fourth-order valence-corrected chi connectivity index (χ4v) is 4.13. The van der Waals surface area contributed by atoms with E-state index in [1.54, 1.807) is 0 Å². The Hall–Kier alpha value is -1.81. The van der Waals surface area contributed by atoms with E-state index in [4.69, 9.17) is 0 Å². The van der Waals surface area contributed by atoms with Crippen LogP contribution in [0.25, 0.3) is 10.9 Å². The maximum atomic E-state index is 12.4. The molecule has 128 valence electrons. The van der Waals surface area contributed by atoms with E-state index in [0.717, 1.165) is 51.6 Å². The second-order valence-electron chi connectivity index (χ2n) is 7.47. The molecule has 1 saturated heterocycles. The molecule has 0 bridgehead atoms. The number of fused-ring (bicyclic) bond motifs is 1. The summed E-state index contributed by atoms with van der Waals surface area (Å²) in [6.45, 7) is 1.64. The number of carbonyl (C=O) groups is 1. The minimum Gasteiger partial charge on any atom is -0.390 e. The second kappa shape index (κ2) is 6.25. The quantitative estimate of drug-likeness (QED) is 0.886. The Kier molecular flexibility index (Phi) is 4.09. The molecule has 2 heterocycles. The number of hydrogen-bond acceptors (Lipinski definition) is 2. The Labute approximate surface area is 142 Å². The molecule has 1 aliphatic carbocycles. The number of aryl methyl sites for hydroxylation is 1. The standard InChI is InChI=1S/C20H26N2O2/c23-19(22-12-8-16(9-13-22)20(24)10-11-20)7-3-4-15-14-21-18-6-2-1-5-17(15)18/h1-2,5-6,14,16,21,24H,3-4,7-13H2. The van der Waals surface area contributed by atoms with Crippen molar-refractivity contribution in [3.05, 3.63) is 36.0 Å². The van der Waals surface area contributed by atoms with E-state index in [0.29, 0.717) is 12.3 Å².